The summed E-state index contributed by atoms with van der Waals surface area (Å²) in [5, 5.41) is 246. The molecule has 0 aromatic carbocycles. The van der Waals surface area contributed by atoms with E-state index in [0.29, 0.717) is 12.8 Å². The third-order valence-electron chi connectivity index (χ3n) is 25.9. The van der Waals surface area contributed by atoms with E-state index in [1.807, 2.05) is 0 Å². The van der Waals surface area contributed by atoms with Gasteiger partial charge in [-0.15, -0.1) is 0 Å². The van der Waals surface area contributed by atoms with Crippen molar-refractivity contribution in [3.05, 3.63) is 12.2 Å². The largest absolute Gasteiger partial charge is 0.477 e. The number of ether oxygens (including phenoxy) is 12. The van der Waals surface area contributed by atoms with Gasteiger partial charge in [-0.05, 0) is 26.2 Å². The summed E-state index contributed by atoms with van der Waals surface area (Å²) in [6, 6.07) is -5.10. The van der Waals surface area contributed by atoms with Gasteiger partial charge in [0.05, 0.1) is 88.8 Å². The molecule has 0 aromatic rings. The normalized spacial score (nSPS) is 34.1. The third kappa shape index (κ3) is 35.9. The van der Waals surface area contributed by atoms with Gasteiger partial charge >= 0.3 is 11.9 Å². The van der Waals surface area contributed by atoms with E-state index in [-0.39, 0.29) is 6.42 Å². The fourth-order valence-electron chi connectivity index (χ4n) is 18.2. The van der Waals surface area contributed by atoms with Crippen LogP contribution in [0.3, 0.4) is 0 Å². The number of amides is 3. The number of allylic oxidation sites excluding steroid dienone is 1. The van der Waals surface area contributed by atoms with Gasteiger partial charge < -0.3 is 185 Å². The highest BCUT2D eigenvalue weighted by Gasteiger charge is 2.64. The summed E-state index contributed by atoms with van der Waals surface area (Å²) < 4.78 is 72.6. The zero-order valence-corrected chi connectivity index (χ0v) is 78.0. The lowest BCUT2D eigenvalue weighted by Gasteiger charge is -2.53. The Morgan fingerprint density at radius 2 is 0.835 bits per heavy atom. The molecule has 42 heteroatoms. The lowest BCUT2D eigenvalue weighted by Crippen LogP contribution is -2.72. The number of carboxylic acids is 2. The van der Waals surface area contributed by atoms with Crippen molar-refractivity contribution in [2.75, 3.05) is 46.2 Å². The van der Waals surface area contributed by atoms with Crippen LogP contribution in [0, 0.1) is 5.92 Å². The lowest BCUT2D eigenvalue weighted by molar-refractivity contribution is -0.407. The van der Waals surface area contributed by atoms with E-state index in [1.165, 1.54) is 141 Å². The number of nitrogens with one attached hydrogen (secondary N) is 3. The zero-order valence-electron chi connectivity index (χ0n) is 78.0. The third-order valence-corrected chi connectivity index (χ3v) is 25.9. The van der Waals surface area contributed by atoms with Crippen molar-refractivity contribution in [3.63, 3.8) is 0 Å². The summed E-state index contributed by atoms with van der Waals surface area (Å²) in [6.45, 7) is -0.751. The highest BCUT2D eigenvalue weighted by atomic mass is 16.8. The van der Waals surface area contributed by atoms with Crippen LogP contribution in [0.25, 0.3) is 0 Å². The standard InChI is InChI=1S/C91H161N3O39/c1-6-8-10-12-14-16-18-20-21-22-23-24-25-26-27-29-31-33-35-37-39-41-66(108)94-56(57(104)40-38-36-34-32-30-28-19-17-15-13-11-9-7-2)51-122-85-76(116)74(114)79(64(49-99)125-85)128-87-77(117)83(80(65(50-100)126-87)129-84-55(42-52(3)101)78(71(111)62(47-97)123-84)127-86-75(115)73(113)70(110)61(46-96)124-86)133-91(89(120)121)44-59(106)68(93-54(5)103)82(132-91)72(112)63(48-98)130-90(88(118)119)43-58(105)67(92-53(4)102)81(131-90)69(109)60(107)45-95/h38,40,55-65,67-87,95-100,104-107,109-117H,6-37,39,41-51H2,1-5H3,(H,92,102)(H,93,103)(H,94,108)(H,118,119)(H,120,121)/t55-,56+,57-,58+,59+,60-,61-,62-,63-,64-,65-,67-,68-,69-,70+,71+,72-,73+,74-,75-,76-,77-,78-,79-,80+,81?,82?,83-,84+,85-,86+,87+,90-,91+/m1/s1. The van der Waals surface area contributed by atoms with Crippen molar-refractivity contribution in [3.8, 4) is 0 Å². The number of carbonyl (C=O) groups is 6. The van der Waals surface area contributed by atoms with Gasteiger partial charge in [0, 0.05) is 45.4 Å². The van der Waals surface area contributed by atoms with Crippen LogP contribution in [-0.4, -0.2) is 390 Å². The topological polar surface area (TPSA) is 674 Å². The Kier molecular flexibility index (Phi) is 54.0. The summed E-state index contributed by atoms with van der Waals surface area (Å²) in [5.41, 5.74) is 0. The predicted octanol–water partition coefficient (Wildman–Crippen LogP) is -0.437. The molecule has 6 heterocycles. The molecule has 42 nitrogen and oxygen atoms in total. The van der Waals surface area contributed by atoms with Crippen LogP contribution >= 0.6 is 0 Å². The first-order valence-electron chi connectivity index (χ1n) is 48.4. The molecule has 0 aliphatic carbocycles. The number of Topliss-reactive ketones (excluding diaryl/α,β-unsaturated/α-hetero) is 1. The maximum absolute atomic E-state index is 14.5. The highest BCUT2D eigenvalue weighted by Crippen LogP contribution is 2.44. The molecule has 6 rings (SSSR count). The maximum Gasteiger partial charge on any atom is 0.364 e. The number of aliphatic carboxylic acids is 2. The van der Waals surface area contributed by atoms with Gasteiger partial charge in [-0.2, -0.15) is 0 Å². The van der Waals surface area contributed by atoms with E-state index in [2.05, 4.69) is 29.8 Å². The lowest BCUT2D eigenvalue weighted by atomic mass is 9.86. The first-order chi connectivity index (χ1) is 63.6. The average Bonchev–Trinajstić information content (AvgIpc) is 0.938. The number of aliphatic hydroxyl groups is 19. The molecule has 6 aliphatic heterocycles. The molecule has 6 aliphatic rings. The number of carboxylic acid groups (broad SMARTS) is 2. The van der Waals surface area contributed by atoms with Crippen LogP contribution in [0.1, 0.15) is 272 Å². The van der Waals surface area contributed by atoms with Gasteiger partial charge in [0.2, 0.25) is 17.7 Å². The molecule has 0 radical (unpaired) electrons. The molecule has 3 amide bonds. The molecule has 774 valence electrons. The van der Waals surface area contributed by atoms with E-state index in [9.17, 15) is 136 Å². The zero-order chi connectivity index (χ0) is 98.1. The summed E-state index contributed by atoms with van der Waals surface area (Å²) in [7, 11) is 0. The van der Waals surface area contributed by atoms with Gasteiger partial charge in [-0.25, -0.2) is 9.59 Å². The van der Waals surface area contributed by atoms with E-state index in [4.69, 9.17) is 56.8 Å². The molecule has 6 saturated heterocycles. The fraction of sp³-hybridized carbons (Fsp3) is 0.912. The number of hydrogen-bond donors (Lipinski definition) is 24. The molecule has 0 saturated carbocycles. The van der Waals surface area contributed by atoms with Gasteiger partial charge in [-0.3, -0.25) is 14.4 Å². The van der Waals surface area contributed by atoms with E-state index in [1.54, 1.807) is 6.08 Å². The number of ketones is 1. The summed E-state index contributed by atoms with van der Waals surface area (Å²) >= 11 is 0. The number of unbranched alkanes of at least 4 members (excludes halogenated alkanes) is 31. The molecular formula is C91H161N3O39. The smallest absolute Gasteiger partial charge is 0.364 e. The Balaban J connectivity index is 1.29. The number of aliphatic hydroxyl groups excluding tert-OH is 19. The Labute approximate surface area is 779 Å². The van der Waals surface area contributed by atoms with Crippen LogP contribution in [0.5, 0.6) is 0 Å². The summed E-state index contributed by atoms with van der Waals surface area (Å²) in [4.78, 5) is 80.6. The average molecular weight is 1920 g/mol. The number of carbonyl (C=O) groups excluding carboxylic acids is 4. The number of hydrogen-bond acceptors (Lipinski definition) is 37. The Bertz CT molecular complexity index is 3310. The monoisotopic (exact) mass is 1920 g/mol. The number of rotatable bonds is 66. The maximum atomic E-state index is 14.5. The second-order valence-corrected chi connectivity index (χ2v) is 36.7. The van der Waals surface area contributed by atoms with Crippen LogP contribution in [0.2, 0.25) is 0 Å². The van der Waals surface area contributed by atoms with Gasteiger partial charge in [-0.1, -0.05) is 219 Å². The second-order valence-electron chi connectivity index (χ2n) is 36.7. The quantitative estimate of drug-likeness (QED) is 0.0271. The van der Waals surface area contributed by atoms with E-state index in [0.717, 1.165) is 85.0 Å². The highest BCUT2D eigenvalue weighted by molar-refractivity contribution is 5.78. The minimum atomic E-state index is -3.68. The van der Waals surface area contributed by atoms with Gasteiger partial charge in [0.15, 0.2) is 25.2 Å². The van der Waals surface area contributed by atoms with Crippen LogP contribution in [0.4, 0.5) is 0 Å². The molecule has 0 aromatic heterocycles. The van der Waals surface area contributed by atoms with E-state index >= 15 is 0 Å². The molecule has 133 heavy (non-hydrogen) atoms. The van der Waals surface area contributed by atoms with Crippen LogP contribution < -0.4 is 16.0 Å². The van der Waals surface area contributed by atoms with Crippen molar-refractivity contribution >= 4 is 35.4 Å². The first kappa shape index (κ1) is 117. The molecule has 24 N–H and O–H groups in total. The minimum absolute atomic E-state index is 0.0892. The Morgan fingerprint density at radius 1 is 0.429 bits per heavy atom. The SMILES string of the molecule is CCCCCCCCCCCCCC=C[C@@H](O)[C@H](CO[C@@H]1O[C@H](CO)[C@@H](O[C@@H]2O[C@H](CO)[C@H](O[C@@H]3O[C@H](CO)[C@H](O)[C@H](O[C@@H]4O[C@H](CO)[C@H](O)[C@H](O)[C@H]4O)[C@H]3CC(C)=O)[C@H](O[C@]3(C(=O)O)C[C@H](O)[C@@H](NC(C)=O)C([C@H](O)[C@@H](CO)O[C@]4(C(=O)O)C[C@H](O)[C@@H](NC(C)=O)C([C@H](O)[C@H](O)CO)O4)O3)[C@H]2O)[C@H](O)[C@H]1O)NC(=O)CCCCCCCCCCCCCCCCCCCCCCC. The van der Waals surface area contributed by atoms with Crippen molar-refractivity contribution in [1.29, 1.82) is 0 Å². The molecule has 6 fully saturated rings. The Morgan fingerprint density at radius 3 is 1.30 bits per heavy atom. The van der Waals surface area contributed by atoms with Crippen LogP contribution in [-0.2, 0) is 85.6 Å². The van der Waals surface area contributed by atoms with Crippen molar-refractivity contribution in [1.82, 2.24) is 16.0 Å². The predicted molar refractivity (Wildman–Crippen MR) is 469 cm³/mol. The molecule has 2 unspecified atom stereocenters. The molecular weight excluding hydrogens is 1760 g/mol. The van der Waals surface area contributed by atoms with Crippen molar-refractivity contribution < 1.29 is 193 Å². The van der Waals surface area contributed by atoms with E-state index < -0.39 is 308 Å². The van der Waals surface area contributed by atoms with Crippen molar-refractivity contribution in [2.24, 2.45) is 5.92 Å². The van der Waals surface area contributed by atoms with Crippen molar-refractivity contribution in [2.45, 2.75) is 474 Å². The second kappa shape index (κ2) is 61.3. The first-order valence-corrected chi connectivity index (χ1v) is 48.4. The van der Waals surface area contributed by atoms with Gasteiger partial charge in [0.25, 0.3) is 11.6 Å². The Hall–Kier alpha value is -4.48. The van der Waals surface area contributed by atoms with Crippen LogP contribution in [0.15, 0.2) is 12.2 Å². The molecule has 0 spiro atoms. The minimum Gasteiger partial charge on any atom is -0.477 e. The van der Waals surface area contributed by atoms with Gasteiger partial charge in [0.1, 0.15) is 128 Å². The molecule has 34 atom stereocenters. The summed E-state index contributed by atoms with van der Waals surface area (Å²) in [6.07, 6.45) is -23.9. The fourth-order valence-corrected chi connectivity index (χ4v) is 18.2. The molecule has 0 bridgehead atoms. The summed E-state index contributed by atoms with van der Waals surface area (Å²) in [5.74, 6) is -16.5.